The third-order valence-corrected chi connectivity index (χ3v) is 12.0. The van der Waals surface area contributed by atoms with E-state index in [0.717, 1.165) is 68.9 Å². The summed E-state index contributed by atoms with van der Waals surface area (Å²) in [7, 11) is 0. The Morgan fingerprint density at radius 1 is 0.810 bits per heavy atom. The van der Waals surface area contributed by atoms with Crippen molar-refractivity contribution < 1.29 is 24.6 Å². The summed E-state index contributed by atoms with van der Waals surface area (Å²) in [5, 5.41) is 27.4. The Labute approximate surface area is 345 Å². The molecule has 1 saturated carbocycles. The highest BCUT2D eigenvalue weighted by Gasteiger charge is 2.42. The third-order valence-electron chi connectivity index (χ3n) is 10.6. The average molecular weight is 801 g/mol. The molecule has 58 heavy (non-hydrogen) atoms. The van der Waals surface area contributed by atoms with Crippen LogP contribution in [0.3, 0.4) is 0 Å². The highest BCUT2D eigenvalue weighted by molar-refractivity contribution is 8.26. The van der Waals surface area contributed by atoms with Gasteiger partial charge in [0.25, 0.3) is 5.91 Å². The van der Waals surface area contributed by atoms with Crippen molar-refractivity contribution in [2.45, 2.75) is 31.2 Å². The Balaban J connectivity index is 1.03. The molecular weight excluding hydrogens is 765 g/mol. The lowest BCUT2D eigenvalue weighted by Crippen LogP contribution is -2.33. The number of carboxylic acids is 2. The van der Waals surface area contributed by atoms with Gasteiger partial charge in [-0.2, -0.15) is 5.26 Å². The SMILES string of the molecule is N#C/C(=C\c1ccc(/C=C/c2ccc3c(c2)C2CCCC2N3c2ccc(N(c3ccccc3)c3ccc(/C=C4/SC(=S)N(CC(=O)O)C4=O)cc3)cc2)cc1)C(=O)O. The van der Waals surface area contributed by atoms with Gasteiger partial charge < -0.3 is 20.0 Å². The highest BCUT2D eigenvalue weighted by atomic mass is 32.2. The number of fused-ring (bicyclic) bond motifs is 3. The minimum absolute atomic E-state index is 0.236. The summed E-state index contributed by atoms with van der Waals surface area (Å²) in [5.41, 5.74) is 9.92. The summed E-state index contributed by atoms with van der Waals surface area (Å²) in [6.07, 6.45) is 10.7. The van der Waals surface area contributed by atoms with Gasteiger partial charge in [-0.15, -0.1) is 0 Å². The van der Waals surface area contributed by atoms with Crippen LogP contribution in [0.4, 0.5) is 28.4 Å². The molecule has 0 radical (unpaired) electrons. The number of carboxylic acid groups (broad SMARTS) is 2. The predicted molar refractivity (Wildman–Crippen MR) is 234 cm³/mol. The second kappa shape index (κ2) is 16.4. The van der Waals surface area contributed by atoms with Crippen LogP contribution in [0, 0.1) is 11.3 Å². The molecule has 1 saturated heterocycles. The first-order valence-corrected chi connectivity index (χ1v) is 20.0. The lowest BCUT2D eigenvalue weighted by atomic mass is 9.95. The van der Waals surface area contributed by atoms with E-state index in [2.05, 4.69) is 70.5 Å². The van der Waals surface area contributed by atoms with E-state index in [1.165, 1.54) is 23.7 Å². The number of carbonyl (C=O) groups is 3. The van der Waals surface area contributed by atoms with Gasteiger partial charge in [0.05, 0.1) is 4.91 Å². The zero-order chi connectivity index (χ0) is 40.3. The van der Waals surface area contributed by atoms with Crippen molar-refractivity contribution in [2.24, 2.45) is 0 Å². The van der Waals surface area contributed by atoms with Gasteiger partial charge in [-0.25, -0.2) is 4.79 Å². The number of benzene rings is 5. The standard InChI is InChI=1S/C47H36N4O5S2/c48-28-34(46(55)56)25-31-12-9-30(10-13-31)11-14-32-17-24-42-40(26-32)39-7-4-8-41(39)51(42)38-22-20-37(21-23-38)50(35-5-2-1-3-6-35)36-18-15-33(16-19-36)27-43-45(54)49(29-44(52)53)47(57)58-43/h1-3,5-6,9-27,39,41H,4,7-8,29H2,(H,52,53)(H,55,56)/b14-11+,34-25+,43-27+. The largest absolute Gasteiger partial charge is 0.480 e. The van der Waals surface area contributed by atoms with Crippen molar-refractivity contribution in [3.05, 3.63) is 160 Å². The summed E-state index contributed by atoms with van der Waals surface area (Å²) in [5.74, 6) is -2.31. The fraction of sp³-hybridized carbons (Fsp3) is 0.128. The van der Waals surface area contributed by atoms with Crippen LogP contribution in [0.25, 0.3) is 24.3 Å². The molecule has 9 nitrogen and oxygen atoms in total. The topological polar surface area (TPSA) is 125 Å². The van der Waals surface area contributed by atoms with Crippen LogP contribution in [-0.4, -0.2) is 49.9 Å². The summed E-state index contributed by atoms with van der Waals surface area (Å²) in [4.78, 5) is 41.5. The zero-order valence-electron chi connectivity index (χ0n) is 31.1. The molecule has 8 rings (SSSR count). The smallest absolute Gasteiger partial charge is 0.346 e. The number of aliphatic carboxylic acids is 2. The molecule has 2 N–H and O–H groups in total. The summed E-state index contributed by atoms with van der Waals surface area (Å²) in [6.45, 7) is -0.459. The summed E-state index contributed by atoms with van der Waals surface area (Å²) < 4.78 is 0.236. The Morgan fingerprint density at radius 3 is 2.10 bits per heavy atom. The Kier molecular flexibility index (Phi) is 10.8. The van der Waals surface area contributed by atoms with Gasteiger partial charge in [-0.05, 0) is 113 Å². The normalized spacial score (nSPS) is 18.1. The minimum Gasteiger partial charge on any atom is -0.480 e. The molecule has 1 amide bonds. The maximum atomic E-state index is 12.8. The van der Waals surface area contributed by atoms with Crippen molar-refractivity contribution in [1.29, 1.82) is 5.26 Å². The first-order valence-electron chi connectivity index (χ1n) is 18.8. The van der Waals surface area contributed by atoms with Crippen molar-refractivity contribution >= 4 is 98.9 Å². The van der Waals surface area contributed by atoms with Gasteiger partial charge in [0.1, 0.15) is 22.5 Å². The van der Waals surface area contributed by atoms with Crippen LogP contribution in [-0.2, 0) is 14.4 Å². The number of thioether (sulfide) groups is 1. The lowest BCUT2D eigenvalue weighted by Gasteiger charge is -2.29. The minimum atomic E-state index is -1.24. The molecule has 0 bridgehead atoms. The predicted octanol–water partition coefficient (Wildman–Crippen LogP) is 10.4. The highest BCUT2D eigenvalue weighted by Crippen LogP contribution is 2.53. The molecule has 0 spiro atoms. The van der Waals surface area contributed by atoms with Crippen molar-refractivity contribution in [2.75, 3.05) is 16.3 Å². The Morgan fingerprint density at radius 2 is 1.43 bits per heavy atom. The molecule has 2 fully saturated rings. The number of para-hydroxylation sites is 1. The van der Waals surface area contributed by atoms with Gasteiger partial charge in [0.15, 0.2) is 0 Å². The van der Waals surface area contributed by atoms with E-state index in [1.807, 2.05) is 60.7 Å². The second-order valence-corrected chi connectivity index (χ2v) is 15.9. The molecule has 2 unspecified atom stereocenters. The molecule has 11 heteroatoms. The van der Waals surface area contributed by atoms with E-state index in [9.17, 15) is 19.5 Å². The van der Waals surface area contributed by atoms with E-state index in [0.29, 0.717) is 22.4 Å². The number of nitriles is 1. The number of hydrogen-bond donors (Lipinski definition) is 2. The first kappa shape index (κ1) is 38.1. The van der Waals surface area contributed by atoms with Crippen molar-refractivity contribution in [1.82, 2.24) is 4.90 Å². The number of nitrogens with zero attached hydrogens (tertiary/aromatic N) is 4. The number of carbonyl (C=O) groups excluding carboxylic acids is 1. The molecule has 2 atom stereocenters. The molecule has 2 aliphatic heterocycles. The number of amides is 1. The number of hydrogen-bond acceptors (Lipinski definition) is 8. The van der Waals surface area contributed by atoms with Crippen molar-refractivity contribution in [3.8, 4) is 6.07 Å². The maximum Gasteiger partial charge on any atom is 0.346 e. The van der Waals surface area contributed by atoms with Gasteiger partial charge in [-0.1, -0.05) is 103 Å². The van der Waals surface area contributed by atoms with E-state index in [4.69, 9.17) is 22.6 Å². The first-order chi connectivity index (χ1) is 28.2. The molecular formula is C47H36N4O5S2. The molecule has 286 valence electrons. The van der Waals surface area contributed by atoms with Gasteiger partial charge in [-0.3, -0.25) is 14.5 Å². The van der Waals surface area contributed by atoms with Crippen LogP contribution < -0.4 is 9.80 Å². The van der Waals surface area contributed by atoms with E-state index < -0.39 is 24.4 Å². The molecule has 5 aromatic carbocycles. The fourth-order valence-corrected chi connectivity index (χ4v) is 9.20. The van der Waals surface area contributed by atoms with Crippen molar-refractivity contribution in [3.63, 3.8) is 0 Å². The molecule has 5 aromatic rings. The van der Waals surface area contributed by atoms with E-state index >= 15 is 0 Å². The monoisotopic (exact) mass is 800 g/mol. The van der Waals surface area contributed by atoms with Crippen LogP contribution in [0.5, 0.6) is 0 Å². The third kappa shape index (κ3) is 7.80. The van der Waals surface area contributed by atoms with E-state index in [1.54, 1.807) is 24.3 Å². The quantitative estimate of drug-likeness (QED) is 0.0577. The van der Waals surface area contributed by atoms with Gasteiger partial charge in [0.2, 0.25) is 0 Å². The van der Waals surface area contributed by atoms with Gasteiger partial charge >= 0.3 is 11.9 Å². The van der Waals surface area contributed by atoms with Crippen LogP contribution in [0.1, 0.15) is 53.0 Å². The van der Waals surface area contributed by atoms with Gasteiger partial charge in [0, 0.05) is 40.4 Å². The van der Waals surface area contributed by atoms with E-state index in [-0.39, 0.29) is 9.89 Å². The second-order valence-electron chi connectivity index (χ2n) is 14.2. The molecule has 2 heterocycles. The number of rotatable bonds is 11. The number of anilines is 5. The molecule has 0 aromatic heterocycles. The van der Waals surface area contributed by atoms with Crippen LogP contribution in [0.15, 0.2) is 132 Å². The Bertz CT molecular complexity index is 2560. The summed E-state index contributed by atoms with van der Waals surface area (Å²) in [6, 6.07) is 43.0. The zero-order valence-corrected chi connectivity index (χ0v) is 32.7. The molecule has 1 aliphatic carbocycles. The van der Waals surface area contributed by atoms with Crippen LogP contribution in [0.2, 0.25) is 0 Å². The maximum absolute atomic E-state index is 12.8. The Hall–Kier alpha value is -6.74. The lowest BCUT2D eigenvalue weighted by molar-refractivity contribution is -0.140. The number of thiocarbonyl (C=S) groups is 1. The summed E-state index contributed by atoms with van der Waals surface area (Å²) >= 11 is 6.37. The van der Waals surface area contributed by atoms with Crippen LogP contribution >= 0.6 is 24.0 Å². The fourth-order valence-electron chi connectivity index (χ4n) is 7.95. The molecule has 3 aliphatic rings. The average Bonchev–Trinajstić information content (AvgIpc) is 3.90.